The summed E-state index contributed by atoms with van der Waals surface area (Å²) in [5, 5.41) is 0. The second-order valence-corrected chi connectivity index (χ2v) is 5.47. The summed E-state index contributed by atoms with van der Waals surface area (Å²) in [5.74, 6) is -0.0438. The molecule has 0 bridgehead atoms. The van der Waals surface area contributed by atoms with E-state index in [4.69, 9.17) is 4.74 Å². The molecule has 1 unspecified atom stereocenters. The number of aryl methyl sites for hydroxylation is 1. The summed E-state index contributed by atoms with van der Waals surface area (Å²) in [6, 6.07) is 4.25. The molecule has 0 spiro atoms. The van der Waals surface area contributed by atoms with Crippen molar-refractivity contribution in [3.8, 4) is 5.75 Å². The van der Waals surface area contributed by atoms with Gasteiger partial charge in [-0.3, -0.25) is 0 Å². The van der Waals surface area contributed by atoms with Crippen molar-refractivity contribution in [1.82, 2.24) is 4.90 Å². The molecule has 1 saturated heterocycles. The van der Waals surface area contributed by atoms with Gasteiger partial charge in [-0.25, -0.2) is 0 Å². The van der Waals surface area contributed by atoms with E-state index in [2.05, 4.69) is 4.90 Å². The van der Waals surface area contributed by atoms with E-state index in [0.717, 1.165) is 38.4 Å². The van der Waals surface area contributed by atoms with Crippen molar-refractivity contribution in [1.29, 1.82) is 0 Å². The molecule has 0 aromatic heterocycles. The Balaban J connectivity index is 2.16. The zero-order valence-corrected chi connectivity index (χ0v) is 11.8. The molecule has 1 atom stereocenters. The molecule has 1 aromatic rings. The Kier molecular flexibility index (Phi) is 4.58. The predicted octanol–water partition coefficient (Wildman–Crippen LogP) is 3.88. The van der Waals surface area contributed by atoms with Gasteiger partial charge in [-0.05, 0) is 51.9 Å². The molecule has 1 aliphatic heterocycles. The second-order valence-electron chi connectivity index (χ2n) is 5.47. The largest absolute Gasteiger partial charge is 0.490 e. The molecular formula is C15H20F3NO. The van der Waals surface area contributed by atoms with Crippen LogP contribution in [-0.2, 0) is 6.18 Å². The summed E-state index contributed by atoms with van der Waals surface area (Å²) in [6.45, 7) is 3.48. The fourth-order valence-corrected chi connectivity index (χ4v) is 2.47. The second kappa shape index (κ2) is 6.04. The minimum absolute atomic E-state index is 0.0438. The number of hydrogen-bond donors (Lipinski definition) is 0. The maximum atomic E-state index is 13.0. The van der Waals surface area contributed by atoms with Crippen molar-refractivity contribution in [2.45, 2.75) is 38.5 Å². The van der Waals surface area contributed by atoms with Gasteiger partial charge in [0.15, 0.2) is 0 Å². The van der Waals surface area contributed by atoms with E-state index in [0.29, 0.717) is 5.56 Å². The lowest BCUT2D eigenvalue weighted by Crippen LogP contribution is -2.22. The van der Waals surface area contributed by atoms with Crippen LogP contribution in [-0.4, -0.2) is 31.1 Å². The van der Waals surface area contributed by atoms with Crippen molar-refractivity contribution < 1.29 is 17.9 Å². The lowest BCUT2D eigenvalue weighted by atomic mass is 10.1. The van der Waals surface area contributed by atoms with Gasteiger partial charge < -0.3 is 9.64 Å². The Morgan fingerprint density at radius 1 is 1.20 bits per heavy atom. The van der Waals surface area contributed by atoms with Gasteiger partial charge >= 0.3 is 6.18 Å². The summed E-state index contributed by atoms with van der Waals surface area (Å²) in [6.07, 6.45) is -1.99. The van der Waals surface area contributed by atoms with Crippen molar-refractivity contribution in [3.63, 3.8) is 0 Å². The third-order valence-electron chi connectivity index (χ3n) is 3.63. The molecular weight excluding hydrogens is 267 g/mol. The summed E-state index contributed by atoms with van der Waals surface area (Å²) in [7, 11) is 2.02. The quantitative estimate of drug-likeness (QED) is 0.818. The van der Waals surface area contributed by atoms with Crippen molar-refractivity contribution in [2.24, 2.45) is 0 Å². The number of nitrogens with zero attached hydrogens (tertiary/aromatic N) is 1. The topological polar surface area (TPSA) is 12.5 Å². The molecule has 20 heavy (non-hydrogen) atoms. The maximum absolute atomic E-state index is 13.0. The van der Waals surface area contributed by atoms with Gasteiger partial charge in [0, 0.05) is 6.54 Å². The van der Waals surface area contributed by atoms with Crippen LogP contribution in [0.2, 0.25) is 0 Å². The molecule has 112 valence electrons. The highest BCUT2D eigenvalue weighted by molar-refractivity contribution is 5.39. The predicted molar refractivity (Wildman–Crippen MR) is 71.9 cm³/mol. The Hall–Kier alpha value is -1.23. The SMILES string of the molecule is Cc1ccc(OC2CCCN(C)CC2)c(C(F)(F)F)c1. The molecule has 1 aliphatic rings. The van der Waals surface area contributed by atoms with Gasteiger partial charge in [-0.15, -0.1) is 0 Å². The van der Waals surface area contributed by atoms with Gasteiger partial charge in [0.1, 0.15) is 5.75 Å². The van der Waals surface area contributed by atoms with Crippen LogP contribution < -0.4 is 4.74 Å². The number of halogens is 3. The summed E-state index contributed by atoms with van der Waals surface area (Å²) in [4.78, 5) is 2.18. The van der Waals surface area contributed by atoms with E-state index in [1.165, 1.54) is 6.07 Å². The van der Waals surface area contributed by atoms with E-state index in [1.807, 2.05) is 7.05 Å². The summed E-state index contributed by atoms with van der Waals surface area (Å²) >= 11 is 0. The minimum atomic E-state index is -4.37. The van der Waals surface area contributed by atoms with E-state index >= 15 is 0 Å². The molecule has 2 rings (SSSR count). The monoisotopic (exact) mass is 287 g/mol. The average Bonchev–Trinajstić information content (AvgIpc) is 2.55. The number of hydrogen-bond acceptors (Lipinski definition) is 2. The molecule has 1 heterocycles. The number of likely N-dealkylation sites (tertiary alicyclic amines) is 1. The molecule has 0 amide bonds. The van der Waals surface area contributed by atoms with Crippen LogP contribution in [0.1, 0.15) is 30.4 Å². The van der Waals surface area contributed by atoms with Gasteiger partial charge in [0.2, 0.25) is 0 Å². The summed E-state index contributed by atoms with van der Waals surface area (Å²) in [5.41, 5.74) is -0.0830. The first-order chi connectivity index (χ1) is 9.36. The Bertz CT molecular complexity index is 459. The van der Waals surface area contributed by atoms with Crippen LogP contribution in [0.15, 0.2) is 18.2 Å². The highest BCUT2D eigenvalue weighted by Gasteiger charge is 2.35. The van der Waals surface area contributed by atoms with Gasteiger partial charge in [-0.2, -0.15) is 13.2 Å². The van der Waals surface area contributed by atoms with Crippen LogP contribution in [0, 0.1) is 6.92 Å². The Morgan fingerprint density at radius 3 is 2.65 bits per heavy atom. The molecule has 2 nitrogen and oxygen atoms in total. The molecule has 0 N–H and O–H groups in total. The van der Waals surface area contributed by atoms with Crippen LogP contribution in [0.3, 0.4) is 0 Å². The zero-order valence-electron chi connectivity index (χ0n) is 11.8. The van der Waals surface area contributed by atoms with E-state index in [9.17, 15) is 13.2 Å². The number of alkyl halides is 3. The highest BCUT2D eigenvalue weighted by atomic mass is 19.4. The van der Waals surface area contributed by atoms with E-state index in [-0.39, 0.29) is 11.9 Å². The molecule has 0 radical (unpaired) electrons. The van der Waals surface area contributed by atoms with E-state index < -0.39 is 11.7 Å². The van der Waals surface area contributed by atoms with Crippen LogP contribution in [0.5, 0.6) is 5.75 Å². The Morgan fingerprint density at radius 2 is 1.95 bits per heavy atom. The summed E-state index contributed by atoms with van der Waals surface area (Å²) < 4.78 is 44.8. The van der Waals surface area contributed by atoms with Gasteiger partial charge in [0.05, 0.1) is 11.7 Å². The van der Waals surface area contributed by atoms with Crippen LogP contribution in [0.4, 0.5) is 13.2 Å². The highest BCUT2D eigenvalue weighted by Crippen LogP contribution is 2.37. The normalized spacial score (nSPS) is 21.6. The van der Waals surface area contributed by atoms with Crippen LogP contribution >= 0.6 is 0 Å². The first kappa shape index (κ1) is 15.2. The molecule has 0 saturated carbocycles. The standard InChI is InChI=1S/C15H20F3NO/c1-11-5-6-14(13(10-11)15(16,17)18)20-12-4-3-8-19(2)9-7-12/h5-6,10,12H,3-4,7-9H2,1-2H3. The average molecular weight is 287 g/mol. The fourth-order valence-electron chi connectivity index (χ4n) is 2.47. The molecule has 0 aliphatic carbocycles. The minimum Gasteiger partial charge on any atom is -0.490 e. The number of ether oxygens (including phenoxy) is 1. The van der Waals surface area contributed by atoms with Gasteiger partial charge in [-0.1, -0.05) is 11.6 Å². The lowest BCUT2D eigenvalue weighted by Gasteiger charge is -2.21. The smallest absolute Gasteiger partial charge is 0.419 e. The molecule has 5 heteroatoms. The van der Waals surface area contributed by atoms with Crippen molar-refractivity contribution in [3.05, 3.63) is 29.3 Å². The first-order valence-corrected chi connectivity index (χ1v) is 6.89. The third kappa shape index (κ3) is 3.88. The van der Waals surface area contributed by atoms with E-state index in [1.54, 1.807) is 13.0 Å². The lowest BCUT2D eigenvalue weighted by molar-refractivity contribution is -0.139. The molecule has 1 fully saturated rings. The van der Waals surface area contributed by atoms with Crippen molar-refractivity contribution in [2.75, 3.05) is 20.1 Å². The third-order valence-corrected chi connectivity index (χ3v) is 3.63. The van der Waals surface area contributed by atoms with Gasteiger partial charge in [0.25, 0.3) is 0 Å². The molecule has 1 aromatic carbocycles. The van der Waals surface area contributed by atoms with Crippen LogP contribution in [0.25, 0.3) is 0 Å². The maximum Gasteiger partial charge on any atom is 0.419 e. The first-order valence-electron chi connectivity index (χ1n) is 6.89. The zero-order chi connectivity index (χ0) is 14.8. The number of rotatable bonds is 2. The number of benzene rings is 1. The van der Waals surface area contributed by atoms with Crippen molar-refractivity contribution >= 4 is 0 Å². The Labute approximate surface area is 117 Å². The fraction of sp³-hybridized carbons (Fsp3) is 0.600.